The van der Waals surface area contributed by atoms with Gasteiger partial charge in [-0.1, -0.05) is 83.4 Å². The standard InChI is InChI=1S/C35H34ClN5O4/c36-29-15-11-25(12-16-29)19-20-38-34(43)35(23-26-7-2-1-3-8-26)32(31-10-5-4-9-28(31)24-39-41-37)45-33(40-35)27-13-17-30(18-14-27)44-22-6-21-42/h1-5,7-18,32,42H,6,19-24H2,(H,38,43)/t32-,35-/m1/s1. The van der Waals surface area contributed by atoms with Crippen LogP contribution in [-0.2, 0) is 28.9 Å². The SMILES string of the molecule is [N-]=[N+]=NCc1ccccc1[C@H]1OC(c2ccc(OCCCO)cc2)=N[C@@]1(Cc1ccccc1)C(=O)NCCc1ccc(Cl)cc1. The highest BCUT2D eigenvalue weighted by Gasteiger charge is 2.53. The zero-order chi connectivity index (χ0) is 31.5. The molecule has 2 atom stereocenters. The summed E-state index contributed by atoms with van der Waals surface area (Å²) < 4.78 is 12.3. The molecule has 1 amide bonds. The Morgan fingerprint density at radius 2 is 1.73 bits per heavy atom. The highest BCUT2D eigenvalue weighted by molar-refractivity contribution is 6.30. The summed E-state index contributed by atoms with van der Waals surface area (Å²) in [6, 6.07) is 32.1. The van der Waals surface area contributed by atoms with E-state index in [1.165, 1.54) is 0 Å². The Balaban J connectivity index is 1.54. The second-order valence-corrected chi connectivity index (χ2v) is 11.1. The Morgan fingerprint density at radius 1 is 1.00 bits per heavy atom. The van der Waals surface area contributed by atoms with Crippen LogP contribution in [0.3, 0.4) is 0 Å². The number of ether oxygens (including phenoxy) is 2. The maximum Gasteiger partial charge on any atom is 0.252 e. The number of aliphatic hydroxyl groups excluding tert-OH is 1. The molecule has 1 heterocycles. The first-order valence-electron chi connectivity index (χ1n) is 14.8. The fraction of sp³-hybridized carbons (Fsp3) is 0.257. The van der Waals surface area contributed by atoms with Crippen molar-refractivity contribution in [2.45, 2.75) is 37.5 Å². The molecule has 0 saturated heterocycles. The van der Waals surface area contributed by atoms with Crippen LogP contribution >= 0.6 is 11.6 Å². The second kappa shape index (κ2) is 15.3. The molecule has 0 saturated carbocycles. The molecule has 230 valence electrons. The largest absolute Gasteiger partial charge is 0.494 e. The fourth-order valence-electron chi connectivity index (χ4n) is 5.33. The van der Waals surface area contributed by atoms with Crippen LogP contribution in [0.5, 0.6) is 5.75 Å². The van der Waals surface area contributed by atoms with Crippen LogP contribution in [-0.4, -0.2) is 42.2 Å². The van der Waals surface area contributed by atoms with E-state index in [9.17, 15) is 4.79 Å². The van der Waals surface area contributed by atoms with Gasteiger partial charge in [-0.25, -0.2) is 4.99 Å². The van der Waals surface area contributed by atoms with E-state index >= 15 is 0 Å². The highest BCUT2D eigenvalue weighted by Crippen LogP contribution is 2.43. The molecule has 0 fully saturated rings. The van der Waals surface area contributed by atoms with E-state index < -0.39 is 11.6 Å². The van der Waals surface area contributed by atoms with Crippen molar-refractivity contribution in [2.75, 3.05) is 19.8 Å². The van der Waals surface area contributed by atoms with Gasteiger partial charge in [0.15, 0.2) is 11.6 Å². The Labute approximate surface area is 267 Å². The quantitative estimate of drug-likeness (QED) is 0.0695. The average Bonchev–Trinajstić information content (AvgIpc) is 3.45. The van der Waals surface area contributed by atoms with Gasteiger partial charge in [-0.2, -0.15) is 0 Å². The summed E-state index contributed by atoms with van der Waals surface area (Å²) in [6.07, 6.45) is 0.600. The van der Waals surface area contributed by atoms with Gasteiger partial charge in [0.25, 0.3) is 5.91 Å². The maximum absolute atomic E-state index is 14.5. The summed E-state index contributed by atoms with van der Waals surface area (Å²) in [5.41, 5.74) is 11.8. The Morgan fingerprint density at radius 3 is 2.47 bits per heavy atom. The molecule has 10 heteroatoms. The summed E-state index contributed by atoms with van der Waals surface area (Å²) in [4.78, 5) is 22.5. The number of rotatable bonds is 14. The predicted molar refractivity (Wildman–Crippen MR) is 174 cm³/mol. The summed E-state index contributed by atoms with van der Waals surface area (Å²) in [7, 11) is 0. The minimum absolute atomic E-state index is 0.0521. The van der Waals surface area contributed by atoms with Gasteiger partial charge in [-0.15, -0.1) is 0 Å². The lowest BCUT2D eigenvalue weighted by atomic mass is 9.80. The fourth-order valence-corrected chi connectivity index (χ4v) is 5.46. The van der Waals surface area contributed by atoms with Crippen LogP contribution < -0.4 is 10.1 Å². The normalized spacial score (nSPS) is 17.1. The van der Waals surface area contributed by atoms with E-state index in [0.717, 1.165) is 22.3 Å². The van der Waals surface area contributed by atoms with Crippen molar-refractivity contribution >= 4 is 23.4 Å². The topological polar surface area (TPSA) is 129 Å². The number of halogens is 1. The van der Waals surface area contributed by atoms with Crippen molar-refractivity contribution < 1.29 is 19.4 Å². The van der Waals surface area contributed by atoms with Gasteiger partial charge in [0.05, 0.1) is 13.2 Å². The Bertz CT molecular complexity index is 1660. The van der Waals surface area contributed by atoms with Gasteiger partial charge >= 0.3 is 0 Å². The molecular formula is C35H34ClN5O4. The molecule has 1 aliphatic rings. The monoisotopic (exact) mass is 623 g/mol. The number of carbonyl (C=O) groups excluding carboxylic acids is 1. The van der Waals surface area contributed by atoms with Gasteiger partial charge in [0.1, 0.15) is 5.75 Å². The molecule has 5 rings (SSSR count). The Kier molecular flexibility index (Phi) is 10.7. The number of aliphatic hydroxyl groups is 1. The van der Waals surface area contributed by atoms with E-state index in [4.69, 9.17) is 36.7 Å². The van der Waals surface area contributed by atoms with Crippen molar-refractivity contribution in [3.63, 3.8) is 0 Å². The van der Waals surface area contributed by atoms with Gasteiger partial charge in [-0.05, 0) is 70.6 Å². The highest BCUT2D eigenvalue weighted by atomic mass is 35.5. The predicted octanol–water partition coefficient (Wildman–Crippen LogP) is 6.77. The molecular weight excluding hydrogens is 590 g/mol. The minimum Gasteiger partial charge on any atom is -0.494 e. The summed E-state index contributed by atoms with van der Waals surface area (Å²) in [5, 5.41) is 16.7. The van der Waals surface area contributed by atoms with Crippen LogP contribution in [0, 0.1) is 0 Å². The van der Waals surface area contributed by atoms with Crippen molar-refractivity contribution in [1.29, 1.82) is 0 Å². The summed E-state index contributed by atoms with van der Waals surface area (Å²) in [5.74, 6) is 0.699. The molecule has 0 spiro atoms. The third-order valence-corrected chi connectivity index (χ3v) is 7.85. The molecule has 0 bridgehead atoms. The number of benzene rings is 4. The third kappa shape index (κ3) is 7.83. The number of nitrogens with one attached hydrogen (secondary N) is 1. The van der Waals surface area contributed by atoms with E-state index in [2.05, 4.69) is 15.3 Å². The van der Waals surface area contributed by atoms with Gasteiger partial charge in [-0.3, -0.25) is 4.79 Å². The lowest BCUT2D eigenvalue weighted by Gasteiger charge is -2.32. The number of hydrogen-bond acceptors (Lipinski definition) is 6. The number of hydrogen-bond donors (Lipinski definition) is 2. The zero-order valence-electron chi connectivity index (χ0n) is 24.7. The van der Waals surface area contributed by atoms with Crippen molar-refractivity contribution in [3.8, 4) is 5.75 Å². The van der Waals surface area contributed by atoms with Crippen LogP contribution in [0.15, 0.2) is 113 Å². The van der Waals surface area contributed by atoms with E-state index in [0.29, 0.717) is 48.2 Å². The average molecular weight is 624 g/mol. The van der Waals surface area contributed by atoms with Crippen molar-refractivity contribution in [3.05, 3.63) is 146 Å². The number of amides is 1. The molecule has 2 N–H and O–H groups in total. The molecule has 1 aliphatic heterocycles. The van der Waals surface area contributed by atoms with Gasteiger partial charge in [0.2, 0.25) is 5.90 Å². The van der Waals surface area contributed by atoms with Crippen molar-refractivity contribution in [2.24, 2.45) is 10.1 Å². The summed E-state index contributed by atoms with van der Waals surface area (Å²) in [6.45, 7) is 0.931. The molecule has 0 unspecified atom stereocenters. The molecule has 4 aromatic rings. The van der Waals surface area contributed by atoms with E-state index in [1.807, 2.05) is 103 Å². The van der Waals surface area contributed by atoms with Crippen LogP contribution in [0.4, 0.5) is 0 Å². The first-order chi connectivity index (χ1) is 22.0. The smallest absolute Gasteiger partial charge is 0.252 e. The number of nitrogens with zero attached hydrogens (tertiary/aromatic N) is 4. The molecule has 0 aliphatic carbocycles. The number of aliphatic imine (C=N–C) groups is 1. The van der Waals surface area contributed by atoms with Gasteiger partial charge < -0.3 is 19.9 Å². The third-order valence-electron chi connectivity index (χ3n) is 7.60. The first-order valence-corrected chi connectivity index (χ1v) is 15.2. The number of carbonyl (C=O) groups is 1. The van der Waals surface area contributed by atoms with Crippen molar-refractivity contribution in [1.82, 2.24) is 5.32 Å². The molecule has 4 aromatic carbocycles. The lowest BCUT2D eigenvalue weighted by molar-refractivity contribution is -0.128. The summed E-state index contributed by atoms with van der Waals surface area (Å²) >= 11 is 6.06. The first kappa shape index (κ1) is 31.6. The Hall–Kier alpha value is -4.82. The molecule has 0 aromatic heterocycles. The molecule has 9 nitrogen and oxygen atoms in total. The molecule has 45 heavy (non-hydrogen) atoms. The lowest BCUT2D eigenvalue weighted by Crippen LogP contribution is -2.50. The van der Waals surface area contributed by atoms with Crippen LogP contribution in [0.2, 0.25) is 5.02 Å². The zero-order valence-corrected chi connectivity index (χ0v) is 25.4. The second-order valence-electron chi connectivity index (χ2n) is 10.7. The maximum atomic E-state index is 14.5. The van der Waals surface area contributed by atoms with E-state index in [1.54, 1.807) is 0 Å². The number of azide groups is 1. The molecule has 0 radical (unpaired) electrons. The van der Waals surface area contributed by atoms with Crippen LogP contribution in [0.1, 0.15) is 40.3 Å². The van der Waals surface area contributed by atoms with Gasteiger partial charge in [0, 0.05) is 41.5 Å². The van der Waals surface area contributed by atoms with E-state index in [-0.39, 0.29) is 25.5 Å². The minimum atomic E-state index is -1.38. The van der Waals surface area contributed by atoms with Crippen LogP contribution in [0.25, 0.3) is 10.4 Å².